The molecule has 4 heteroatoms. The van der Waals surface area contributed by atoms with Crippen LogP contribution in [0.4, 0.5) is 5.82 Å². The molecule has 0 unspecified atom stereocenters. The summed E-state index contributed by atoms with van der Waals surface area (Å²) < 4.78 is 0. The van der Waals surface area contributed by atoms with Crippen molar-refractivity contribution in [3.05, 3.63) is 59.3 Å². The first kappa shape index (κ1) is 23.0. The molecule has 1 saturated heterocycles. The summed E-state index contributed by atoms with van der Waals surface area (Å²) in [6, 6.07) is 14.9. The van der Waals surface area contributed by atoms with Crippen molar-refractivity contribution in [2.75, 3.05) is 31.5 Å². The molecule has 1 aromatic heterocycles. The first-order valence-corrected chi connectivity index (χ1v) is 12.6. The predicted octanol–water partition coefficient (Wildman–Crippen LogP) is 5.63. The number of carbonyl (C=O) groups is 1. The number of nitrogens with zero attached hydrogens (tertiary/aromatic N) is 2. The van der Waals surface area contributed by atoms with Gasteiger partial charge in [0.2, 0.25) is 0 Å². The van der Waals surface area contributed by atoms with Crippen molar-refractivity contribution in [2.24, 2.45) is 5.41 Å². The minimum atomic E-state index is 0.0180. The molecular weight excluding hydrogens is 394 g/mol. The van der Waals surface area contributed by atoms with Gasteiger partial charge in [0, 0.05) is 18.2 Å². The summed E-state index contributed by atoms with van der Waals surface area (Å²) in [6.45, 7) is 8.52. The Morgan fingerprint density at radius 2 is 1.88 bits per heavy atom. The molecule has 32 heavy (non-hydrogen) atoms. The van der Waals surface area contributed by atoms with Crippen LogP contribution >= 0.6 is 0 Å². The van der Waals surface area contributed by atoms with Crippen LogP contribution in [0.1, 0.15) is 75.1 Å². The summed E-state index contributed by atoms with van der Waals surface area (Å²) in [7, 11) is 0. The molecule has 0 amide bonds. The minimum absolute atomic E-state index is 0.0180. The maximum Gasteiger partial charge on any atom is 0.137 e. The highest BCUT2D eigenvalue weighted by Gasteiger charge is 2.40. The van der Waals surface area contributed by atoms with Crippen molar-refractivity contribution in [1.82, 2.24) is 9.88 Å². The number of likely N-dealkylation sites (tertiary alicyclic amines) is 1. The summed E-state index contributed by atoms with van der Waals surface area (Å²) in [5.41, 5.74) is 3.84. The molecule has 4 rings (SSSR count). The van der Waals surface area contributed by atoms with E-state index in [4.69, 9.17) is 4.98 Å². The number of hydrogen-bond donors (Lipinski definition) is 1. The third-order valence-corrected chi connectivity index (χ3v) is 7.59. The highest BCUT2D eigenvalue weighted by atomic mass is 16.1. The zero-order chi connectivity index (χ0) is 22.4. The highest BCUT2D eigenvalue weighted by Crippen LogP contribution is 2.44. The van der Waals surface area contributed by atoms with Gasteiger partial charge in [0.25, 0.3) is 0 Å². The van der Waals surface area contributed by atoms with E-state index in [0.29, 0.717) is 5.78 Å². The van der Waals surface area contributed by atoms with Gasteiger partial charge in [-0.05, 0) is 94.1 Å². The van der Waals surface area contributed by atoms with Crippen molar-refractivity contribution < 1.29 is 4.79 Å². The van der Waals surface area contributed by atoms with Crippen molar-refractivity contribution in [3.8, 4) is 0 Å². The molecule has 2 aromatic rings. The second-order valence-electron chi connectivity index (χ2n) is 10.1. The number of aromatic nitrogens is 1. The second kappa shape index (κ2) is 10.6. The number of carbonyl (C=O) groups excluding carboxylic acids is 1. The van der Waals surface area contributed by atoms with Gasteiger partial charge in [0.1, 0.15) is 11.6 Å². The molecule has 0 bridgehead atoms. The molecule has 3 heterocycles. The lowest BCUT2D eigenvalue weighted by Gasteiger charge is -2.44. The molecule has 1 aromatic carbocycles. The van der Waals surface area contributed by atoms with Crippen LogP contribution in [0.5, 0.6) is 0 Å². The third kappa shape index (κ3) is 5.58. The standard InChI is InChI=1S/C28H39N3O/c1-22(32)26(23-10-5-3-6-11-23)28(2)16-20-31(21-17-28)19-8-4-7-13-25-15-14-24-12-9-18-29-27(24)30-25/h3,5-6,10-11,14-15,26H,4,7-9,12-13,16-21H2,1-2H3,(H,29,30)/t26-/m1/s1. The quantitative estimate of drug-likeness (QED) is 0.521. The van der Waals surface area contributed by atoms with E-state index in [1.807, 2.05) is 6.07 Å². The Morgan fingerprint density at radius 1 is 1.09 bits per heavy atom. The van der Waals surface area contributed by atoms with Crippen LogP contribution in [0.25, 0.3) is 0 Å². The number of piperidine rings is 1. The van der Waals surface area contributed by atoms with Crippen LogP contribution < -0.4 is 5.32 Å². The van der Waals surface area contributed by atoms with Crippen molar-refractivity contribution in [3.63, 3.8) is 0 Å². The number of benzene rings is 1. The predicted molar refractivity (Wildman–Crippen MR) is 132 cm³/mol. The van der Waals surface area contributed by atoms with Gasteiger partial charge in [-0.25, -0.2) is 4.98 Å². The smallest absolute Gasteiger partial charge is 0.137 e. The van der Waals surface area contributed by atoms with E-state index in [0.717, 1.165) is 51.1 Å². The van der Waals surface area contributed by atoms with Gasteiger partial charge < -0.3 is 10.2 Å². The number of pyridine rings is 1. The molecule has 0 saturated carbocycles. The van der Waals surface area contributed by atoms with Gasteiger partial charge in [0.15, 0.2) is 0 Å². The number of unbranched alkanes of at least 4 members (excludes halogenated alkanes) is 2. The number of rotatable bonds is 9. The summed E-state index contributed by atoms with van der Waals surface area (Å²) >= 11 is 0. The number of ketones is 1. The number of Topliss-reactive ketones (excluding diaryl/α,β-unsaturated/α-hetero) is 1. The molecule has 2 aliphatic rings. The summed E-state index contributed by atoms with van der Waals surface area (Å²) in [5.74, 6) is 1.44. The van der Waals surface area contributed by atoms with E-state index < -0.39 is 0 Å². The Balaban J connectivity index is 1.19. The number of aryl methyl sites for hydroxylation is 2. The average Bonchev–Trinajstić information content (AvgIpc) is 2.80. The van der Waals surface area contributed by atoms with Crippen LogP contribution in [0.3, 0.4) is 0 Å². The molecule has 0 spiro atoms. The molecule has 2 aliphatic heterocycles. The molecule has 0 radical (unpaired) electrons. The molecule has 1 atom stereocenters. The lowest BCUT2D eigenvalue weighted by atomic mass is 9.66. The molecule has 172 valence electrons. The number of hydrogen-bond acceptors (Lipinski definition) is 4. The molecule has 1 fully saturated rings. The second-order valence-corrected chi connectivity index (χ2v) is 10.1. The van der Waals surface area contributed by atoms with Crippen molar-refractivity contribution in [2.45, 2.75) is 71.1 Å². The lowest BCUT2D eigenvalue weighted by molar-refractivity contribution is -0.122. The highest BCUT2D eigenvalue weighted by molar-refractivity contribution is 5.84. The SMILES string of the molecule is CC(=O)[C@H](c1ccccc1)C1(C)CCN(CCCCCc2ccc3c(n2)NCCC3)CC1. The number of nitrogens with one attached hydrogen (secondary N) is 1. The largest absolute Gasteiger partial charge is 0.370 e. The summed E-state index contributed by atoms with van der Waals surface area (Å²) in [5, 5.41) is 3.44. The van der Waals surface area contributed by atoms with Crippen LogP contribution in [0.15, 0.2) is 42.5 Å². The van der Waals surface area contributed by atoms with E-state index >= 15 is 0 Å². The van der Waals surface area contributed by atoms with Crippen molar-refractivity contribution >= 4 is 11.6 Å². The Hall–Kier alpha value is -2.20. The molecular formula is C28H39N3O. The van der Waals surface area contributed by atoms with E-state index in [1.54, 1.807) is 6.92 Å². The van der Waals surface area contributed by atoms with E-state index in [9.17, 15) is 4.79 Å². The minimum Gasteiger partial charge on any atom is -0.370 e. The van der Waals surface area contributed by atoms with Gasteiger partial charge in [0.05, 0.1) is 0 Å². The third-order valence-electron chi connectivity index (χ3n) is 7.59. The lowest BCUT2D eigenvalue weighted by Crippen LogP contribution is -2.43. The van der Waals surface area contributed by atoms with Crippen LogP contribution in [-0.4, -0.2) is 41.8 Å². The normalized spacial score (nSPS) is 19.1. The Kier molecular flexibility index (Phi) is 7.62. The first-order chi connectivity index (χ1) is 15.5. The first-order valence-electron chi connectivity index (χ1n) is 12.6. The number of anilines is 1. The number of fused-ring (bicyclic) bond motifs is 1. The van der Waals surface area contributed by atoms with Gasteiger partial charge in [-0.2, -0.15) is 0 Å². The van der Waals surface area contributed by atoms with Crippen LogP contribution in [0.2, 0.25) is 0 Å². The zero-order valence-electron chi connectivity index (χ0n) is 19.9. The summed E-state index contributed by atoms with van der Waals surface area (Å²) in [6.07, 6.45) is 9.33. The van der Waals surface area contributed by atoms with Crippen LogP contribution in [0, 0.1) is 5.41 Å². The molecule has 1 N–H and O–H groups in total. The Bertz CT molecular complexity index is 887. The van der Waals surface area contributed by atoms with Gasteiger partial charge in [-0.3, -0.25) is 4.79 Å². The van der Waals surface area contributed by atoms with Gasteiger partial charge >= 0.3 is 0 Å². The molecule has 4 nitrogen and oxygen atoms in total. The van der Waals surface area contributed by atoms with Crippen LogP contribution in [-0.2, 0) is 17.6 Å². The van der Waals surface area contributed by atoms with Gasteiger partial charge in [-0.1, -0.05) is 49.7 Å². The fourth-order valence-corrected chi connectivity index (χ4v) is 5.68. The maximum absolute atomic E-state index is 12.5. The Labute approximate surface area is 193 Å². The van der Waals surface area contributed by atoms with E-state index in [-0.39, 0.29) is 11.3 Å². The maximum atomic E-state index is 12.5. The van der Waals surface area contributed by atoms with E-state index in [1.165, 1.54) is 49.0 Å². The zero-order valence-corrected chi connectivity index (χ0v) is 19.9. The monoisotopic (exact) mass is 433 g/mol. The summed E-state index contributed by atoms with van der Waals surface area (Å²) in [4.78, 5) is 20.0. The average molecular weight is 434 g/mol. The van der Waals surface area contributed by atoms with E-state index in [2.05, 4.69) is 53.5 Å². The topological polar surface area (TPSA) is 45.2 Å². The van der Waals surface area contributed by atoms with Gasteiger partial charge in [-0.15, -0.1) is 0 Å². The fourth-order valence-electron chi connectivity index (χ4n) is 5.68. The van der Waals surface area contributed by atoms with Crippen molar-refractivity contribution in [1.29, 1.82) is 0 Å². The fraction of sp³-hybridized carbons (Fsp3) is 0.571. The Morgan fingerprint density at radius 3 is 2.62 bits per heavy atom. The molecule has 0 aliphatic carbocycles.